The fraction of sp³-hybridized carbons (Fsp3) is 0.364. The number of carbonyl (C=O) groups excluding carboxylic acids is 2. The molecule has 2 saturated heterocycles. The number of likely N-dealkylation sites (tertiary alicyclic amines) is 1. The maximum atomic E-state index is 13.3. The molecule has 0 bridgehead atoms. The Bertz CT molecular complexity index is 948. The molecule has 2 aliphatic heterocycles. The van der Waals surface area contributed by atoms with E-state index in [9.17, 15) is 22.8 Å². The Morgan fingerprint density at radius 2 is 1.67 bits per heavy atom. The Balaban J connectivity index is 1.53. The summed E-state index contributed by atoms with van der Waals surface area (Å²) in [5, 5.41) is 2.78. The van der Waals surface area contributed by atoms with Crippen molar-refractivity contribution < 1.29 is 22.8 Å². The first-order valence-corrected chi connectivity index (χ1v) is 9.84. The second-order valence-corrected chi connectivity index (χ2v) is 7.86. The molecule has 0 radical (unpaired) electrons. The number of halogens is 3. The third-order valence-corrected chi connectivity index (χ3v) is 5.72. The van der Waals surface area contributed by atoms with Gasteiger partial charge in [0.15, 0.2) is 0 Å². The van der Waals surface area contributed by atoms with Gasteiger partial charge in [0.2, 0.25) is 0 Å². The number of piperidine rings is 1. The molecule has 3 amide bonds. The molecule has 0 saturated carbocycles. The Kier molecular flexibility index (Phi) is 5.27. The summed E-state index contributed by atoms with van der Waals surface area (Å²) in [5.41, 5.74) is -0.914. The number of imide groups is 1. The Morgan fingerprint density at radius 3 is 2.40 bits per heavy atom. The van der Waals surface area contributed by atoms with Crippen LogP contribution in [0, 0.1) is 0 Å². The largest absolute Gasteiger partial charge is 0.416 e. The summed E-state index contributed by atoms with van der Waals surface area (Å²) < 4.78 is 39.9. The average molecular weight is 417 g/mol. The van der Waals surface area contributed by atoms with E-state index < -0.39 is 35.8 Å². The van der Waals surface area contributed by atoms with Crippen LogP contribution in [0.5, 0.6) is 0 Å². The van der Waals surface area contributed by atoms with Gasteiger partial charge in [0, 0.05) is 13.1 Å². The molecule has 4 rings (SSSR count). The lowest BCUT2D eigenvalue weighted by molar-refractivity contribution is -0.139. The van der Waals surface area contributed by atoms with Gasteiger partial charge in [0.25, 0.3) is 5.91 Å². The van der Waals surface area contributed by atoms with Crippen molar-refractivity contribution in [2.75, 3.05) is 13.1 Å². The number of carbonyl (C=O) groups is 2. The molecule has 0 aromatic heterocycles. The quantitative estimate of drug-likeness (QED) is 0.771. The fourth-order valence-corrected chi connectivity index (χ4v) is 4.32. The van der Waals surface area contributed by atoms with Crippen LogP contribution in [-0.4, -0.2) is 40.4 Å². The van der Waals surface area contributed by atoms with Crippen molar-refractivity contribution in [3.05, 3.63) is 71.3 Å². The predicted molar refractivity (Wildman–Crippen MR) is 104 cm³/mol. The lowest BCUT2D eigenvalue weighted by Crippen LogP contribution is -2.58. The van der Waals surface area contributed by atoms with E-state index in [4.69, 9.17) is 0 Å². The smallest absolute Gasteiger partial charge is 0.322 e. The number of amides is 3. The van der Waals surface area contributed by atoms with Gasteiger partial charge in [-0.2, -0.15) is 13.2 Å². The Morgan fingerprint density at radius 1 is 0.967 bits per heavy atom. The highest BCUT2D eigenvalue weighted by Crippen LogP contribution is 2.34. The van der Waals surface area contributed by atoms with E-state index in [0.717, 1.165) is 23.1 Å². The molecule has 0 aliphatic carbocycles. The Labute approximate surface area is 172 Å². The maximum absolute atomic E-state index is 13.3. The molecule has 2 aliphatic rings. The number of hydrogen-bond acceptors (Lipinski definition) is 3. The minimum atomic E-state index is -4.55. The first-order chi connectivity index (χ1) is 14.3. The summed E-state index contributed by atoms with van der Waals surface area (Å²) in [4.78, 5) is 28.8. The van der Waals surface area contributed by atoms with Crippen LogP contribution in [-0.2, 0) is 24.1 Å². The van der Waals surface area contributed by atoms with Crippen molar-refractivity contribution in [2.45, 2.75) is 37.6 Å². The molecule has 2 heterocycles. The van der Waals surface area contributed by atoms with E-state index in [1.54, 1.807) is 0 Å². The van der Waals surface area contributed by atoms with Crippen LogP contribution in [0.3, 0.4) is 0 Å². The van der Waals surface area contributed by atoms with Gasteiger partial charge in [-0.3, -0.25) is 14.6 Å². The molecule has 2 aromatic carbocycles. The highest BCUT2D eigenvalue weighted by Gasteiger charge is 2.53. The van der Waals surface area contributed by atoms with Gasteiger partial charge in [-0.25, -0.2) is 4.79 Å². The highest BCUT2D eigenvalue weighted by molar-refractivity contribution is 6.07. The molecule has 5 nitrogen and oxygen atoms in total. The summed E-state index contributed by atoms with van der Waals surface area (Å²) in [6, 6.07) is 14.2. The zero-order valence-electron chi connectivity index (χ0n) is 16.3. The number of benzene rings is 2. The second-order valence-electron chi connectivity index (χ2n) is 7.86. The molecule has 2 fully saturated rings. The summed E-state index contributed by atoms with van der Waals surface area (Å²) in [7, 11) is 0. The normalized spacial score (nSPS) is 22.6. The molecule has 1 atom stereocenters. The number of nitrogens with one attached hydrogen (secondary N) is 1. The summed E-state index contributed by atoms with van der Waals surface area (Å²) in [5.74, 6) is -0.456. The molecule has 1 N–H and O–H groups in total. The van der Waals surface area contributed by atoms with Crippen LogP contribution in [0.4, 0.5) is 18.0 Å². The number of alkyl halides is 3. The van der Waals surface area contributed by atoms with E-state index in [2.05, 4.69) is 10.2 Å². The second kappa shape index (κ2) is 7.75. The number of rotatable bonds is 4. The maximum Gasteiger partial charge on any atom is 0.416 e. The zero-order chi connectivity index (χ0) is 21.4. The van der Waals surface area contributed by atoms with Crippen molar-refractivity contribution in [3.8, 4) is 0 Å². The minimum absolute atomic E-state index is 0.0949. The van der Waals surface area contributed by atoms with Crippen LogP contribution < -0.4 is 5.32 Å². The van der Waals surface area contributed by atoms with E-state index >= 15 is 0 Å². The molecule has 158 valence electrons. The van der Waals surface area contributed by atoms with Crippen molar-refractivity contribution in [1.82, 2.24) is 15.1 Å². The molecular formula is C22H22F3N3O2. The number of hydrogen-bond donors (Lipinski definition) is 1. The third-order valence-electron chi connectivity index (χ3n) is 5.72. The van der Waals surface area contributed by atoms with Gasteiger partial charge in [0.05, 0.1) is 12.1 Å². The summed E-state index contributed by atoms with van der Waals surface area (Å²) in [6.45, 7) is 1.37. The van der Waals surface area contributed by atoms with Gasteiger partial charge in [-0.05, 0) is 36.6 Å². The van der Waals surface area contributed by atoms with Crippen LogP contribution in [0.15, 0.2) is 54.6 Å². The molecule has 8 heteroatoms. The highest BCUT2D eigenvalue weighted by atomic mass is 19.4. The SMILES string of the molecule is O=C1NC2(CCCN(Cc3ccccc3)C2)C(=O)N1Cc1ccccc1C(F)(F)F. The van der Waals surface area contributed by atoms with Crippen LogP contribution in [0.1, 0.15) is 29.5 Å². The van der Waals surface area contributed by atoms with E-state index in [-0.39, 0.29) is 5.56 Å². The van der Waals surface area contributed by atoms with Crippen molar-refractivity contribution in [1.29, 1.82) is 0 Å². The molecule has 1 unspecified atom stereocenters. The van der Waals surface area contributed by atoms with Gasteiger partial charge in [-0.1, -0.05) is 48.5 Å². The lowest BCUT2D eigenvalue weighted by atomic mass is 9.88. The topological polar surface area (TPSA) is 52.7 Å². The van der Waals surface area contributed by atoms with Gasteiger partial charge in [0.1, 0.15) is 5.54 Å². The molecule has 2 aromatic rings. The van der Waals surface area contributed by atoms with Crippen molar-refractivity contribution in [3.63, 3.8) is 0 Å². The lowest BCUT2D eigenvalue weighted by Gasteiger charge is -2.38. The van der Waals surface area contributed by atoms with Crippen molar-refractivity contribution in [2.24, 2.45) is 0 Å². The zero-order valence-corrected chi connectivity index (χ0v) is 16.3. The first-order valence-electron chi connectivity index (χ1n) is 9.84. The van der Waals surface area contributed by atoms with E-state index in [0.29, 0.717) is 25.9 Å². The van der Waals surface area contributed by atoms with Gasteiger partial charge < -0.3 is 5.32 Å². The fourth-order valence-electron chi connectivity index (χ4n) is 4.32. The van der Waals surface area contributed by atoms with E-state index in [1.807, 2.05) is 30.3 Å². The van der Waals surface area contributed by atoms with Crippen molar-refractivity contribution >= 4 is 11.9 Å². The number of nitrogens with zero attached hydrogens (tertiary/aromatic N) is 2. The van der Waals surface area contributed by atoms with Gasteiger partial charge >= 0.3 is 12.2 Å². The standard InChI is InChI=1S/C22H22F3N3O2/c23-22(24,25)18-10-5-4-9-17(18)14-28-19(29)21(26-20(28)30)11-6-12-27(15-21)13-16-7-2-1-3-8-16/h1-5,7-10H,6,11-15H2,(H,26,30). The van der Waals surface area contributed by atoms with Crippen LogP contribution >= 0.6 is 0 Å². The van der Waals surface area contributed by atoms with Gasteiger partial charge in [-0.15, -0.1) is 0 Å². The molecule has 1 spiro atoms. The number of urea groups is 1. The summed E-state index contributed by atoms with van der Waals surface area (Å²) in [6.07, 6.45) is -3.36. The predicted octanol–water partition coefficient (Wildman–Crippen LogP) is 3.79. The molecular weight excluding hydrogens is 395 g/mol. The van der Waals surface area contributed by atoms with Crippen LogP contribution in [0.25, 0.3) is 0 Å². The van der Waals surface area contributed by atoms with E-state index in [1.165, 1.54) is 18.2 Å². The third kappa shape index (κ3) is 3.92. The first kappa shape index (κ1) is 20.4. The molecule has 30 heavy (non-hydrogen) atoms. The minimum Gasteiger partial charge on any atom is -0.322 e. The van der Waals surface area contributed by atoms with Crippen LogP contribution in [0.2, 0.25) is 0 Å². The monoisotopic (exact) mass is 417 g/mol. The Hall–Kier alpha value is -2.87. The summed E-state index contributed by atoms with van der Waals surface area (Å²) >= 11 is 0. The average Bonchev–Trinajstić information content (AvgIpc) is 2.92.